The number of imidazole rings is 1. The summed E-state index contributed by atoms with van der Waals surface area (Å²) in [6.07, 6.45) is 1.59. The average Bonchev–Trinajstić information content (AvgIpc) is 3.46. The maximum Gasteiger partial charge on any atom is 0.420 e. The highest BCUT2D eigenvalue weighted by Gasteiger charge is 2.37. The van der Waals surface area contributed by atoms with E-state index in [1.165, 1.54) is 35.8 Å². The first kappa shape index (κ1) is 22.2. The van der Waals surface area contributed by atoms with Gasteiger partial charge in [0.1, 0.15) is 11.0 Å². The molecule has 0 aliphatic carbocycles. The number of hydrogen-bond donors (Lipinski definition) is 0. The number of benzene rings is 1. The second-order valence-corrected chi connectivity index (χ2v) is 8.18. The lowest BCUT2D eigenvalue weighted by Crippen LogP contribution is -2.36. The van der Waals surface area contributed by atoms with Crippen molar-refractivity contribution in [1.29, 1.82) is 0 Å². The minimum absolute atomic E-state index is 0.0797. The third kappa shape index (κ3) is 3.86. The predicted octanol–water partition coefficient (Wildman–Crippen LogP) is 6.34. The fourth-order valence-corrected chi connectivity index (χ4v) is 4.28. The van der Waals surface area contributed by atoms with Gasteiger partial charge < -0.3 is 9.32 Å². The smallest absolute Gasteiger partial charge is 0.420 e. The summed E-state index contributed by atoms with van der Waals surface area (Å²) in [6, 6.07) is 8.65. The number of rotatable bonds is 3. The average molecular weight is 490 g/mol. The van der Waals surface area contributed by atoms with Gasteiger partial charge in [-0.15, -0.1) is 0 Å². The topological polar surface area (TPSA) is 50.8 Å². The highest BCUT2D eigenvalue weighted by atomic mass is 35.5. The number of pyridine rings is 1. The van der Waals surface area contributed by atoms with Crippen LogP contribution in [0, 0.1) is 5.82 Å². The Labute approximate surface area is 195 Å². The predicted molar refractivity (Wildman–Crippen MR) is 118 cm³/mol. The number of alkyl halides is 3. The lowest BCUT2D eigenvalue weighted by atomic mass is 10.0. The van der Waals surface area contributed by atoms with Crippen LogP contribution in [0.4, 0.5) is 17.6 Å². The first-order valence-corrected chi connectivity index (χ1v) is 10.7. The van der Waals surface area contributed by atoms with Gasteiger partial charge in [0, 0.05) is 36.0 Å². The monoisotopic (exact) mass is 489 g/mol. The molecule has 34 heavy (non-hydrogen) atoms. The summed E-state index contributed by atoms with van der Waals surface area (Å²) in [4.78, 5) is 18.7. The van der Waals surface area contributed by atoms with E-state index < -0.39 is 29.1 Å². The molecule has 3 aromatic heterocycles. The number of carbonyl (C=O) groups excluding carboxylic acids is 1. The molecular formula is C24H16ClF4N3O2. The lowest BCUT2D eigenvalue weighted by Gasteiger charge is -2.27. The Morgan fingerprint density at radius 1 is 1.15 bits per heavy atom. The molecule has 0 bridgehead atoms. The van der Waals surface area contributed by atoms with Gasteiger partial charge >= 0.3 is 6.18 Å². The minimum atomic E-state index is -4.73. The maximum atomic E-state index is 14.2. The molecule has 1 aliphatic heterocycles. The Balaban J connectivity index is 1.55. The number of hydrogen-bond acceptors (Lipinski definition) is 3. The zero-order chi connectivity index (χ0) is 24.0. The van der Waals surface area contributed by atoms with Crippen molar-refractivity contribution in [1.82, 2.24) is 14.3 Å². The molecule has 0 saturated carbocycles. The van der Waals surface area contributed by atoms with Crippen molar-refractivity contribution in [2.24, 2.45) is 0 Å². The summed E-state index contributed by atoms with van der Waals surface area (Å²) in [7, 11) is 0. The summed E-state index contributed by atoms with van der Waals surface area (Å²) in [5.74, 6) is -1.05. The van der Waals surface area contributed by atoms with Crippen LogP contribution in [0.1, 0.15) is 28.0 Å². The Morgan fingerprint density at radius 2 is 1.94 bits per heavy atom. The number of furan rings is 1. The molecule has 1 amide bonds. The SMILES string of the molecule is O=C(c1nc2c(C(F)(F)F)cc(-c3ccoc3)cn2c1Cl)N1CCC=C(c2ccccc2F)C1. The first-order valence-electron chi connectivity index (χ1n) is 10.3. The van der Waals surface area contributed by atoms with Gasteiger partial charge in [0.25, 0.3) is 5.91 Å². The van der Waals surface area contributed by atoms with Crippen molar-refractivity contribution >= 4 is 28.7 Å². The maximum absolute atomic E-state index is 14.2. The van der Waals surface area contributed by atoms with E-state index in [0.717, 1.165) is 10.5 Å². The molecule has 0 saturated heterocycles. The van der Waals surface area contributed by atoms with Crippen LogP contribution < -0.4 is 0 Å². The summed E-state index contributed by atoms with van der Waals surface area (Å²) in [5, 5.41) is -0.238. The van der Waals surface area contributed by atoms with Crippen molar-refractivity contribution in [2.75, 3.05) is 13.1 Å². The fourth-order valence-electron chi connectivity index (χ4n) is 4.03. The third-order valence-electron chi connectivity index (χ3n) is 5.68. The zero-order valence-corrected chi connectivity index (χ0v) is 18.2. The highest BCUT2D eigenvalue weighted by molar-refractivity contribution is 6.33. The molecular weight excluding hydrogens is 474 g/mol. The van der Waals surface area contributed by atoms with Crippen LogP contribution in [-0.4, -0.2) is 33.3 Å². The second kappa shape index (κ2) is 8.32. The van der Waals surface area contributed by atoms with Gasteiger partial charge in [-0.1, -0.05) is 35.9 Å². The molecule has 4 aromatic rings. The van der Waals surface area contributed by atoms with E-state index in [1.807, 2.05) is 6.08 Å². The number of amides is 1. The van der Waals surface area contributed by atoms with E-state index in [-0.39, 0.29) is 23.0 Å². The van der Waals surface area contributed by atoms with Crippen LogP contribution in [0.15, 0.2) is 65.6 Å². The van der Waals surface area contributed by atoms with E-state index in [1.54, 1.807) is 18.2 Å². The third-order valence-corrected chi connectivity index (χ3v) is 6.04. The normalized spacial score (nSPS) is 14.5. The van der Waals surface area contributed by atoms with E-state index in [0.29, 0.717) is 29.7 Å². The van der Waals surface area contributed by atoms with Gasteiger partial charge in [-0.05, 0) is 30.2 Å². The van der Waals surface area contributed by atoms with Crippen LogP contribution >= 0.6 is 11.6 Å². The second-order valence-electron chi connectivity index (χ2n) is 7.82. The molecule has 1 aromatic carbocycles. The molecule has 174 valence electrons. The fraction of sp³-hybridized carbons (Fsp3) is 0.167. The molecule has 5 rings (SSSR count). The van der Waals surface area contributed by atoms with Crippen LogP contribution in [0.3, 0.4) is 0 Å². The van der Waals surface area contributed by atoms with Crippen LogP contribution in [-0.2, 0) is 6.18 Å². The van der Waals surface area contributed by atoms with Crippen molar-refractivity contribution in [3.8, 4) is 11.1 Å². The van der Waals surface area contributed by atoms with Crippen LogP contribution in [0.25, 0.3) is 22.3 Å². The first-order chi connectivity index (χ1) is 16.2. The van der Waals surface area contributed by atoms with Crippen molar-refractivity contribution in [3.05, 3.63) is 89.0 Å². The molecule has 5 nitrogen and oxygen atoms in total. The van der Waals surface area contributed by atoms with Crippen molar-refractivity contribution in [2.45, 2.75) is 12.6 Å². The van der Waals surface area contributed by atoms with Crippen molar-refractivity contribution in [3.63, 3.8) is 0 Å². The summed E-state index contributed by atoms with van der Waals surface area (Å²) in [6.45, 7) is 0.379. The van der Waals surface area contributed by atoms with Crippen LogP contribution in [0.5, 0.6) is 0 Å². The molecule has 1 aliphatic rings. The number of carbonyl (C=O) groups is 1. The Morgan fingerprint density at radius 3 is 2.65 bits per heavy atom. The Hall–Kier alpha value is -3.59. The highest BCUT2D eigenvalue weighted by Crippen LogP contribution is 2.37. The lowest BCUT2D eigenvalue weighted by molar-refractivity contribution is -0.136. The molecule has 0 radical (unpaired) electrons. The molecule has 0 N–H and O–H groups in total. The molecule has 4 heterocycles. The van der Waals surface area contributed by atoms with Gasteiger partial charge in [-0.25, -0.2) is 9.37 Å². The summed E-state index contributed by atoms with van der Waals surface area (Å²) >= 11 is 6.39. The van der Waals surface area contributed by atoms with Crippen molar-refractivity contribution < 1.29 is 26.8 Å². The number of halogens is 5. The van der Waals surface area contributed by atoms with Gasteiger partial charge in [0.05, 0.1) is 18.1 Å². The van der Waals surface area contributed by atoms with E-state index in [2.05, 4.69) is 4.98 Å². The Bertz CT molecular complexity index is 1420. The number of nitrogens with zero attached hydrogens (tertiary/aromatic N) is 3. The minimum Gasteiger partial charge on any atom is -0.472 e. The zero-order valence-electron chi connectivity index (χ0n) is 17.4. The number of fused-ring (bicyclic) bond motifs is 1. The molecule has 0 unspecified atom stereocenters. The molecule has 10 heteroatoms. The van der Waals surface area contributed by atoms with Gasteiger partial charge in [-0.3, -0.25) is 9.20 Å². The van der Waals surface area contributed by atoms with E-state index >= 15 is 0 Å². The standard InChI is InChI=1S/C24H16ClF4N3O2/c25-21-20(23(33)31-8-3-4-14(11-31)17-5-1-2-6-19(17)26)30-22-18(24(27,28)29)10-16(12-32(21)22)15-7-9-34-13-15/h1-2,4-7,9-10,12-13H,3,8,11H2. The molecule has 0 spiro atoms. The molecule has 0 fully saturated rings. The summed E-state index contributed by atoms with van der Waals surface area (Å²) < 4.78 is 61.8. The van der Waals surface area contributed by atoms with Crippen LogP contribution in [0.2, 0.25) is 5.15 Å². The molecule has 0 atom stereocenters. The Kier molecular flexibility index (Phi) is 5.44. The van der Waals surface area contributed by atoms with Gasteiger partial charge in [0.15, 0.2) is 11.3 Å². The number of aromatic nitrogens is 2. The quantitative estimate of drug-likeness (QED) is 0.316. The van der Waals surface area contributed by atoms with E-state index in [4.69, 9.17) is 16.0 Å². The van der Waals surface area contributed by atoms with Gasteiger partial charge in [-0.2, -0.15) is 13.2 Å². The van der Waals surface area contributed by atoms with E-state index in [9.17, 15) is 22.4 Å². The largest absolute Gasteiger partial charge is 0.472 e. The summed E-state index contributed by atoms with van der Waals surface area (Å²) in [5.41, 5.74) is -0.213. The van der Waals surface area contributed by atoms with Gasteiger partial charge in [0.2, 0.25) is 0 Å².